The zero-order valence-electron chi connectivity index (χ0n) is 17.5. The summed E-state index contributed by atoms with van der Waals surface area (Å²) in [4.78, 5) is 0. The molecule has 0 aromatic heterocycles. The van der Waals surface area contributed by atoms with E-state index < -0.39 is 17.2 Å². The van der Waals surface area contributed by atoms with E-state index in [-0.39, 0.29) is 16.9 Å². The van der Waals surface area contributed by atoms with Crippen LogP contribution in [0.5, 0.6) is 0 Å². The zero-order valence-corrected chi connectivity index (χ0v) is 17.5. The van der Waals surface area contributed by atoms with Crippen molar-refractivity contribution in [3.8, 4) is 17.2 Å². The van der Waals surface area contributed by atoms with Crippen LogP contribution in [-0.4, -0.2) is 0 Å². The molecule has 3 atom stereocenters. The van der Waals surface area contributed by atoms with E-state index in [0.29, 0.717) is 23.8 Å². The molecule has 0 unspecified atom stereocenters. The molecule has 1 nitrogen and oxygen atoms in total. The molecule has 2 aliphatic rings. The molecule has 0 bridgehead atoms. The number of hydrogen-bond donors (Lipinski definition) is 0. The van der Waals surface area contributed by atoms with Gasteiger partial charge >= 0.3 is 0 Å². The van der Waals surface area contributed by atoms with Crippen molar-refractivity contribution in [3.05, 3.63) is 58.4 Å². The third-order valence-corrected chi connectivity index (χ3v) is 7.22. The quantitative estimate of drug-likeness (QED) is 0.463. The van der Waals surface area contributed by atoms with Gasteiger partial charge in [-0.3, -0.25) is 0 Å². The van der Waals surface area contributed by atoms with Crippen molar-refractivity contribution in [1.29, 1.82) is 5.26 Å². The molecule has 158 valence electrons. The van der Waals surface area contributed by atoms with Crippen molar-refractivity contribution in [2.45, 2.75) is 70.6 Å². The van der Waals surface area contributed by atoms with Crippen LogP contribution in [0.15, 0.2) is 24.3 Å². The number of hydrogen-bond acceptors (Lipinski definition) is 1. The zero-order chi connectivity index (χ0) is 21.3. The Hall–Kier alpha value is -2.28. The van der Waals surface area contributed by atoms with Gasteiger partial charge < -0.3 is 0 Å². The van der Waals surface area contributed by atoms with Gasteiger partial charge in [-0.25, -0.2) is 13.2 Å². The van der Waals surface area contributed by atoms with Gasteiger partial charge in [0, 0.05) is 5.56 Å². The predicted octanol–water partition coefficient (Wildman–Crippen LogP) is 7.67. The van der Waals surface area contributed by atoms with Gasteiger partial charge in [-0.2, -0.15) is 5.26 Å². The first-order valence-corrected chi connectivity index (χ1v) is 11.2. The highest BCUT2D eigenvalue weighted by Gasteiger charge is 2.36. The van der Waals surface area contributed by atoms with Crippen molar-refractivity contribution in [2.75, 3.05) is 0 Å². The first-order chi connectivity index (χ1) is 14.5. The molecule has 0 amide bonds. The van der Waals surface area contributed by atoms with E-state index in [4.69, 9.17) is 5.26 Å². The monoisotopic (exact) mass is 411 g/mol. The summed E-state index contributed by atoms with van der Waals surface area (Å²) in [5.74, 6) is -0.452. The summed E-state index contributed by atoms with van der Waals surface area (Å²) in [5.41, 5.74) is 1.53. The highest BCUT2D eigenvalue weighted by molar-refractivity contribution is 5.67. The summed E-state index contributed by atoms with van der Waals surface area (Å²) >= 11 is 0. The van der Waals surface area contributed by atoms with E-state index in [1.807, 2.05) is 6.07 Å². The molecule has 0 heterocycles. The van der Waals surface area contributed by atoms with Crippen LogP contribution in [0.4, 0.5) is 13.2 Å². The maximum Gasteiger partial charge on any atom is 0.144 e. The Kier molecular flexibility index (Phi) is 6.18. The minimum absolute atomic E-state index is 0.144. The number of nitrogens with zero attached hydrogens (tertiary/aromatic N) is 1. The molecule has 2 aromatic rings. The third-order valence-electron chi connectivity index (χ3n) is 7.22. The Morgan fingerprint density at radius 3 is 2.50 bits per heavy atom. The molecule has 4 heteroatoms. The van der Waals surface area contributed by atoms with Crippen molar-refractivity contribution >= 4 is 0 Å². The minimum atomic E-state index is -0.953. The second-order valence-corrected chi connectivity index (χ2v) is 9.00. The van der Waals surface area contributed by atoms with Crippen molar-refractivity contribution in [1.82, 2.24) is 0 Å². The van der Waals surface area contributed by atoms with Crippen LogP contribution >= 0.6 is 0 Å². The number of nitriles is 1. The fraction of sp³-hybridized carbons (Fsp3) is 0.500. The van der Waals surface area contributed by atoms with Crippen molar-refractivity contribution in [3.63, 3.8) is 0 Å². The Bertz CT molecular complexity index is 952. The topological polar surface area (TPSA) is 23.8 Å². The highest BCUT2D eigenvalue weighted by Crippen LogP contribution is 2.49. The van der Waals surface area contributed by atoms with E-state index in [9.17, 15) is 8.78 Å². The van der Waals surface area contributed by atoms with E-state index in [0.717, 1.165) is 36.5 Å². The minimum Gasteiger partial charge on any atom is -0.206 e. The first-order valence-electron chi connectivity index (χ1n) is 11.2. The number of fused-ring (bicyclic) bond motifs is 3. The van der Waals surface area contributed by atoms with Gasteiger partial charge in [0.25, 0.3) is 0 Å². The summed E-state index contributed by atoms with van der Waals surface area (Å²) in [6, 6.07) is 7.25. The second kappa shape index (κ2) is 8.84. The molecule has 2 aliphatic carbocycles. The lowest BCUT2D eigenvalue weighted by Crippen LogP contribution is -2.28. The Morgan fingerprint density at radius 2 is 1.80 bits per heavy atom. The largest absolute Gasteiger partial charge is 0.206 e. The summed E-state index contributed by atoms with van der Waals surface area (Å²) in [7, 11) is 0. The van der Waals surface area contributed by atoms with Crippen LogP contribution in [0, 0.1) is 40.6 Å². The van der Waals surface area contributed by atoms with E-state index in [1.165, 1.54) is 44.6 Å². The summed E-state index contributed by atoms with van der Waals surface area (Å²) in [6.45, 7) is 2.23. The molecule has 30 heavy (non-hydrogen) atoms. The van der Waals surface area contributed by atoms with Gasteiger partial charge in [-0.1, -0.05) is 44.7 Å². The van der Waals surface area contributed by atoms with Crippen LogP contribution in [0.3, 0.4) is 0 Å². The average Bonchev–Trinajstić information content (AvgIpc) is 2.73. The fourth-order valence-electron chi connectivity index (χ4n) is 5.66. The number of benzene rings is 2. The first kappa shape index (κ1) is 21.0. The molecule has 1 fully saturated rings. The van der Waals surface area contributed by atoms with Crippen LogP contribution in [-0.2, 0) is 6.42 Å². The maximum atomic E-state index is 15.4. The van der Waals surface area contributed by atoms with Gasteiger partial charge in [-0.15, -0.1) is 0 Å². The van der Waals surface area contributed by atoms with E-state index in [2.05, 4.69) is 6.92 Å². The lowest BCUT2D eigenvalue weighted by atomic mass is 9.64. The van der Waals surface area contributed by atoms with Crippen LogP contribution in [0.1, 0.15) is 80.9 Å². The molecule has 0 aliphatic heterocycles. The van der Waals surface area contributed by atoms with Gasteiger partial charge in [0.2, 0.25) is 0 Å². The second-order valence-electron chi connectivity index (χ2n) is 9.00. The lowest BCUT2D eigenvalue weighted by molar-refractivity contribution is 0.198. The maximum absolute atomic E-state index is 15.4. The molecule has 4 rings (SSSR count). The van der Waals surface area contributed by atoms with E-state index in [1.54, 1.807) is 6.07 Å². The Morgan fingerprint density at radius 1 is 1.03 bits per heavy atom. The summed E-state index contributed by atoms with van der Waals surface area (Å²) < 4.78 is 43.5. The fourth-order valence-corrected chi connectivity index (χ4v) is 5.66. The van der Waals surface area contributed by atoms with Gasteiger partial charge in [0.05, 0.1) is 0 Å². The van der Waals surface area contributed by atoms with Crippen LogP contribution in [0.2, 0.25) is 0 Å². The SMILES string of the molecule is CCCCC[C@@H]1CC[C@@H]2c3ccc(-c4cc(F)c(C#N)c(F)c4)c(F)c3CC[C@H]2C1. The van der Waals surface area contributed by atoms with Crippen LogP contribution < -0.4 is 0 Å². The molecule has 0 spiro atoms. The highest BCUT2D eigenvalue weighted by atomic mass is 19.1. The predicted molar refractivity (Wildman–Crippen MR) is 113 cm³/mol. The third kappa shape index (κ3) is 3.87. The lowest BCUT2D eigenvalue weighted by Gasteiger charge is -2.41. The van der Waals surface area contributed by atoms with Gasteiger partial charge in [-0.05, 0) is 78.7 Å². The normalized spacial score (nSPS) is 22.8. The molecule has 2 aromatic carbocycles. The number of unbranched alkanes of at least 4 members (excludes halogenated alkanes) is 2. The number of halogens is 3. The molecule has 0 saturated heterocycles. The Labute approximate surface area is 176 Å². The van der Waals surface area contributed by atoms with Crippen molar-refractivity contribution in [2.24, 2.45) is 11.8 Å². The van der Waals surface area contributed by atoms with Gasteiger partial charge in [0.15, 0.2) is 0 Å². The van der Waals surface area contributed by atoms with E-state index >= 15 is 4.39 Å². The van der Waals surface area contributed by atoms with Crippen molar-refractivity contribution < 1.29 is 13.2 Å². The summed E-state index contributed by atoms with van der Waals surface area (Å²) in [5, 5.41) is 8.86. The molecule has 1 saturated carbocycles. The van der Waals surface area contributed by atoms with Gasteiger partial charge in [0.1, 0.15) is 29.1 Å². The number of rotatable bonds is 5. The molecule has 0 N–H and O–H groups in total. The average molecular weight is 412 g/mol. The molecule has 0 radical (unpaired) electrons. The smallest absolute Gasteiger partial charge is 0.144 e. The molecular formula is C26H28F3N. The summed E-state index contributed by atoms with van der Waals surface area (Å²) in [6.07, 6.45) is 10.4. The Balaban J connectivity index is 1.59. The molecular weight excluding hydrogens is 383 g/mol. The standard InChI is InChI=1S/C26H28F3N/c1-2-3-4-5-16-6-8-19-17(12-16)7-9-22-21(19)11-10-20(26(22)29)18-13-24(27)23(15-30)25(28)14-18/h10-11,13-14,16-17,19H,2-9,12H2,1H3/t16-,17+,19+/m1/s1. The van der Waals surface area contributed by atoms with Crippen LogP contribution in [0.25, 0.3) is 11.1 Å².